The third kappa shape index (κ3) is 4.98. The van der Waals surface area contributed by atoms with Gasteiger partial charge in [0.25, 0.3) is 0 Å². The molecule has 0 spiro atoms. The molecular formula is C21H25N3O2S. The predicted octanol–water partition coefficient (Wildman–Crippen LogP) is 3.91. The zero-order chi connectivity index (χ0) is 19.2. The van der Waals surface area contributed by atoms with Crippen LogP contribution in [-0.2, 0) is 11.2 Å². The van der Waals surface area contributed by atoms with Crippen LogP contribution in [0.3, 0.4) is 0 Å². The molecule has 0 unspecified atom stereocenters. The number of carbonyl (C=O) groups excluding carboxylic acids is 1. The Morgan fingerprint density at radius 1 is 1.26 bits per heavy atom. The standard InChI is InChI=1S/C21H25N3O2S/c1-15-13-16(2)24(23-15)19(20-5-4-12-27-20)14-22-21(25)11-8-17-6-9-18(26-3)10-7-17/h4-7,9-10,12-13,19H,8,11,14H2,1-3H3,(H,22,25)/t19-/m0/s1. The second kappa shape index (κ2) is 8.86. The Morgan fingerprint density at radius 3 is 2.63 bits per heavy atom. The number of rotatable bonds is 8. The molecule has 0 saturated carbocycles. The van der Waals surface area contributed by atoms with Crippen LogP contribution in [0.4, 0.5) is 0 Å². The monoisotopic (exact) mass is 383 g/mol. The lowest BCUT2D eigenvalue weighted by Crippen LogP contribution is -2.32. The third-order valence-corrected chi connectivity index (χ3v) is 5.48. The van der Waals surface area contributed by atoms with E-state index >= 15 is 0 Å². The van der Waals surface area contributed by atoms with Crippen LogP contribution in [0, 0.1) is 13.8 Å². The second-order valence-electron chi connectivity index (χ2n) is 6.56. The Hall–Kier alpha value is -2.60. The summed E-state index contributed by atoms with van der Waals surface area (Å²) >= 11 is 1.69. The van der Waals surface area contributed by atoms with Gasteiger partial charge in [0.05, 0.1) is 12.8 Å². The fourth-order valence-corrected chi connectivity index (χ4v) is 3.91. The predicted molar refractivity (Wildman–Crippen MR) is 108 cm³/mol. The molecule has 0 radical (unpaired) electrons. The van der Waals surface area contributed by atoms with Crippen molar-refractivity contribution in [1.82, 2.24) is 15.1 Å². The smallest absolute Gasteiger partial charge is 0.220 e. The highest BCUT2D eigenvalue weighted by atomic mass is 32.1. The number of amides is 1. The fourth-order valence-electron chi connectivity index (χ4n) is 3.10. The lowest BCUT2D eigenvalue weighted by Gasteiger charge is -2.19. The number of aryl methyl sites for hydroxylation is 3. The van der Waals surface area contributed by atoms with Crippen molar-refractivity contribution in [2.75, 3.05) is 13.7 Å². The minimum atomic E-state index is 0.0173. The zero-order valence-corrected chi connectivity index (χ0v) is 16.8. The number of aromatic nitrogens is 2. The van der Waals surface area contributed by atoms with E-state index in [9.17, 15) is 4.79 Å². The number of thiophene rings is 1. The van der Waals surface area contributed by atoms with Crippen LogP contribution >= 0.6 is 11.3 Å². The van der Waals surface area contributed by atoms with Gasteiger partial charge in [0, 0.05) is 23.5 Å². The number of nitrogens with zero attached hydrogens (tertiary/aromatic N) is 2. The number of ether oxygens (including phenoxy) is 1. The molecule has 0 aliphatic rings. The molecule has 0 aliphatic carbocycles. The third-order valence-electron chi connectivity index (χ3n) is 4.50. The molecule has 1 N–H and O–H groups in total. The van der Waals surface area contributed by atoms with Gasteiger partial charge in [0.2, 0.25) is 5.91 Å². The Labute approximate surface area is 164 Å². The van der Waals surface area contributed by atoms with E-state index in [2.05, 4.69) is 27.9 Å². The normalized spacial score (nSPS) is 12.0. The lowest BCUT2D eigenvalue weighted by molar-refractivity contribution is -0.121. The van der Waals surface area contributed by atoms with Crippen molar-refractivity contribution in [3.05, 3.63) is 69.7 Å². The molecule has 5 nitrogen and oxygen atoms in total. The summed E-state index contributed by atoms with van der Waals surface area (Å²) in [5.41, 5.74) is 3.21. The van der Waals surface area contributed by atoms with Crippen molar-refractivity contribution in [2.24, 2.45) is 0 Å². The van der Waals surface area contributed by atoms with E-state index in [1.807, 2.05) is 48.9 Å². The fraction of sp³-hybridized carbons (Fsp3) is 0.333. The molecule has 27 heavy (non-hydrogen) atoms. The molecule has 0 bridgehead atoms. The second-order valence-corrected chi connectivity index (χ2v) is 7.53. The van der Waals surface area contributed by atoms with E-state index in [-0.39, 0.29) is 11.9 Å². The van der Waals surface area contributed by atoms with Crippen molar-refractivity contribution in [3.8, 4) is 5.75 Å². The molecule has 2 aromatic heterocycles. The van der Waals surface area contributed by atoms with E-state index < -0.39 is 0 Å². The van der Waals surface area contributed by atoms with Crippen LogP contribution in [0.15, 0.2) is 47.8 Å². The SMILES string of the molecule is COc1ccc(CCC(=O)NC[C@@H](c2cccs2)n2nc(C)cc2C)cc1. The first-order chi connectivity index (χ1) is 13.1. The van der Waals surface area contributed by atoms with Gasteiger partial charge in [0.15, 0.2) is 0 Å². The van der Waals surface area contributed by atoms with Crippen molar-refractivity contribution in [2.45, 2.75) is 32.7 Å². The maximum atomic E-state index is 12.4. The molecule has 142 valence electrons. The Bertz CT molecular complexity index is 869. The molecule has 0 fully saturated rings. The van der Waals surface area contributed by atoms with E-state index in [1.165, 1.54) is 4.88 Å². The van der Waals surface area contributed by atoms with Crippen molar-refractivity contribution in [3.63, 3.8) is 0 Å². The molecule has 3 rings (SSSR count). The molecule has 1 aromatic carbocycles. The quantitative estimate of drug-likeness (QED) is 0.642. The van der Waals surface area contributed by atoms with Gasteiger partial charge in [-0.15, -0.1) is 11.3 Å². The van der Waals surface area contributed by atoms with Crippen LogP contribution in [-0.4, -0.2) is 29.3 Å². The van der Waals surface area contributed by atoms with E-state index in [1.54, 1.807) is 18.4 Å². The Kier molecular flexibility index (Phi) is 6.29. The van der Waals surface area contributed by atoms with Crippen LogP contribution in [0.1, 0.15) is 34.3 Å². The number of nitrogens with one attached hydrogen (secondary N) is 1. The number of hydrogen-bond donors (Lipinski definition) is 1. The van der Waals surface area contributed by atoms with E-state index in [4.69, 9.17) is 4.74 Å². The van der Waals surface area contributed by atoms with E-state index in [0.29, 0.717) is 19.4 Å². The summed E-state index contributed by atoms with van der Waals surface area (Å²) in [6.07, 6.45) is 1.17. The molecule has 3 aromatic rings. The maximum absolute atomic E-state index is 12.4. The summed E-state index contributed by atoms with van der Waals surface area (Å²) in [5, 5.41) is 9.75. The summed E-state index contributed by atoms with van der Waals surface area (Å²) in [6.45, 7) is 4.57. The summed E-state index contributed by atoms with van der Waals surface area (Å²) in [6, 6.07) is 14.0. The first kappa shape index (κ1) is 19.2. The van der Waals surface area contributed by atoms with Gasteiger partial charge in [-0.2, -0.15) is 5.10 Å². The van der Waals surface area contributed by atoms with Gasteiger partial charge in [-0.05, 0) is 55.5 Å². The van der Waals surface area contributed by atoms with Crippen molar-refractivity contribution >= 4 is 17.2 Å². The van der Waals surface area contributed by atoms with Gasteiger partial charge >= 0.3 is 0 Å². The Balaban J connectivity index is 1.59. The van der Waals surface area contributed by atoms with E-state index in [0.717, 1.165) is 22.7 Å². The largest absolute Gasteiger partial charge is 0.497 e. The molecule has 1 atom stereocenters. The van der Waals surface area contributed by atoms with Gasteiger partial charge in [-0.1, -0.05) is 18.2 Å². The summed E-state index contributed by atoms with van der Waals surface area (Å²) in [5.74, 6) is 0.876. The average molecular weight is 384 g/mol. The first-order valence-corrected chi connectivity index (χ1v) is 9.90. The highest BCUT2D eigenvalue weighted by Gasteiger charge is 2.19. The van der Waals surface area contributed by atoms with Crippen molar-refractivity contribution < 1.29 is 9.53 Å². The Morgan fingerprint density at radius 2 is 2.04 bits per heavy atom. The van der Waals surface area contributed by atoms with Crippen LogP contribution in [0.2, 0.25) is 0 Å². The number of benzene rings is 1. The first-order valence-electron chi connectivity index (χ1n) is 9.02. The average Bonchev–Trinajstić information content (AvgIpc) is 3.31. The van der Waals surface area contributed by atoms with Gasteiger partial charge in [-0.3, -0.25) is 9.48 Å². The van der Waals surface area contributed by atoms with Gasteiger partial charge in [0.1, 0.15) is 11.8 Å². The van der Waals surface area contributed by atoms with Gasteiger partial charge in [-0.25, -0.2) is 0 Å². The number of carbonyl (C=O) groups is 1. The molecule has 1 amide bonds. The summed E-state index contributed by atoms with van der Waals surface area (Å²) in [4.78, 5) is 13.6. The summed E-state index contributed by atoms with van der Waals surface area (Å²) in [7, 11) is 1.65. The topological polar surface area (TPSA) is 56.1 Å². The number of hydrogen-bond acceptors (Lipinski definition) is 4. The van der Waals surface area contributed by atoms with Crippen molar-refractivity contribution in [1.29, 1.82) is 0 Å². The molecular weight excluding hydrogens is 358 g/mol. The minimum absolute atomic E-state index is 0.0173. The minimum Gasteiger partial charge on any atom is -0.497 e. The molecule has 2 heterocycles. The number of methoxy groups -OCH3 is 1. The molecule has 0 aliphatic heterocycles. The summed E-state index contributed by atoms with van der Waals surface area (Å²) < 4.78 is 7.17. The highest BCUT2D eigenvalue weighted by Crippen LogP contribution is 2.24. The maximum Gasteiger partial charge on any atom is 0.220 e. The zero-order valence-electron chi connectivity index (χ0n) is 15.9. The van der Waals surface area contributed by atoms with Crippen LogP contribution in [0.5, 0.6) is 5.75 Å². The van der Waals surface area contributed by atoms with Crippen LogP contribution < -0.4 is 10.1 Å². The lowest BCUT2D eigenvalue weighted by atomic mass is 10.1. The highest BCUT2D eigenvalue weighted by molar-refractivity contribution is 7.10. The van der Waals surface area contributed by atoms with Crippen LogP contribution in [0.25, 0.3) is 0 Å². The van der Waals surface area contributed by atoms with Gasteiger partial charge < -0.3 is 10.1 Å². The molecule has 6 heteroatoms. The molecule has 0 saturated heterocycles.